The molecule has 1 unspecified atom stereocenters. The monoisotopic (exact) mass is 207 g/mol. The summed E-state index contributed by atoms with van der Waals surface area (Å²) in [5, 5.41) is 5.70. The molecular formula is C10H13N3S. The Morgan fingerprint density at radius 3 is 3.43 bits per heavy atom. The molecule has 3 rings (SSSR count). The number of rotatable bonds is 1. The summed E-state index contributed by atoms with van der Waals surface area (Å²) in [6.45, 7) is 2.29. The molecule has 74 valence electrons. The minimum absolute atomic E-state index is 0.673. The molecule has 3 nitrogen and oxygen atoms in total. The fourth-order valence-corrected chi connectivity index (χ4v) is 3.07. The second-order valence-electron chi connectivity index (χ2n) is 3.78. The molecule has 0 spiro atoms. The minimum atomic E-state index is 0.673. The van der Waals surface area contributed by atoms with Crippen molar-refractivity contribution in [2.24, 2.45) is 0 Å². The summed E-state index contributed by atoms with van der Waals surface area (Å²) in [4.78, 5) is 5.41. The molecule has 0 radical (unpaired) electrons. The first kappa shape index (κ1) is 8.44. The first-order valence-corrected chi connectivity index (χ1v) is 5.94. The minimum Gasteiger partial charge on any atom is -0.316 e. The van der Waals surface area contributed by atoms with Crippen molar-refractivity contribution in [3.05, 3.63) is 23.5 Å². The Morgan fingerprint density at radius 1 is 1.57 bits per heavy atom. The molecule has 1 fully saturated rings. The van der Waals surface area contributed by atoms with Crippen LogP contribution in [0.4, 0.5) is 0 Å². The van der Waals surface area contributed by atoms with Crippen LogP contribution in [-0.2, 0) is 0 Å². The maximum atomic E-state index is 4.30. The Kier molecular flexibility index (Phi) is 2.03. The Labute approximate surface area is 86.8 Å². The Hall–Kier alpha value is -0.870. The molecule has 2 aromatic rings. The van der Waals surface area contributed by atoms with Crippen LogP contribution in [0, 0.1) is 0 Å². The molecule has 2 aromatic heterocycles. The van der Waals surface area contributed by atoms with Gasteiger partial charge in [-0.05, 0) is 19.4 Å². The molecule has 1 aliphatic heterocycles. The van der Waals surface area contributed by atoms with Gasteiger partial charge in [0.2, 0.25) is 0 Å². The van der Waals surface area contributed by atoms with E-state index in [9.17, 15) is 0 Å². The topological polar surface area (TPSA) is 29.3 Å². The highest BCUT2D eigenvalue weighted by Crippen LogP contribution is 2.27. The van der Waals surface area contributed by atoms with Crippen LogP contribution in [0.25, 0.3) is 4.96 Å². The van der Waals surface area contributed by atoms with Crippen molar-refractivity contribution in [1.82, 2.24) is 14.7 Å². The van der Waals surface area contributed by atoms with Gasteiger partial charge in [-0.15, -0.1) is 11.3 Å². The molecule has 0 aliphatic carbocycles. The summed E-state index contributed by atoms with van der Waals surface area (Å²) in [6, 6.07) is 0. The number of hydrogen-bond acceptors (Lipinski definition) is 3. The third-order valence-corrected chi connectivity index (χ3v) is 3.76. The molecule has 1 atom stereocenters. The van der Waals surface area contributed by atoms with Crippen molar-refractivity contribution in [3.63, 3.8) is 0 Å². The van der Waals surface area contributed by atoms with E-state index in [1.807, 2.05) is 6.20 Å². The van der Waals surface area contributed by atoms with Gasteiger partial charge in [0.15, 0.2) is 4.96 Å². The lowest BCUT2D eigenvalue weighted by Gasteiger charge is -2.22. The second-order valence-corrected chi connectivity index (χ2v) is 4.62. The van der Waals surface area contributed by atoms with E-state index in [0.29, 0.717) is 5.92 Å². The lowest BCUT2D eigenvalue weighted by atomic mass is 9.97. The molecular weight excluding hydrogens is 194 g/mol. The first-order valence-electron chi connectivity index (χ1n) is 5.06. The van der Waals surface area contributed by atoms with Crippen molar-refractivity contribution in [1.29, 1.82) is 0 Å². The average molecular weight is 207 g/mol. The summed E-state index contributed by atoms with van der Waals surface area (Å²) in [5.41, 5.74) is 1.43. The van der Waals surface area contributed by atoms with E-state index >= 15 is 0 Å². The van der Waals surface area contributed by atoms with Crippen molar-refractivity contribution in [2.45, 2.75) is 18.8 Å². The standard InChI is InChI=1S/C10H13N3S/c1-2-8(6-11-3-1)9-7-14-10-12-4-5-13(9)10/h4-5,7-8,11H,1-3,6H2. The highest BCUT2D eigenvalue weighted by atomic mass is 32.1. The van der Waals surface area contributed by atoms with Gasteiger partial charge in [-0.3, -0.25) is 4.40 Å². The third-order valence-electron chi connectivity index (χ3n) is 2.89. The number of nitrogens with zero attached hydrogens (tertiary/aromatic N) is 2. The van der Waals surface area contributed by atoms with Gasteiger partial charge in [0.25, 0.3) is 0 Å². The first-order chi connectivity index (χ1) is 6.95. The van der Waals surface area contributed by atoms with Crippen LogP contribution in [0.2, 0.25) is 0 Å². The smallest absolute Gasteiger partial charge is 0.193 e. The fraction of sp³-hybridized carbons (Fsp3) is 0.500. The van der Waals surface area contributed by atoms with E-state index in [1.54, 1.807) is 11.3 Å². The maximum Gasteiger partial charge on any atom is 0.193 e. The van der Waals surface area contributed by atoms with Crippen molar-refractivity contribution in [2.75, 3.05) is 13.1 Å². The SMILES string of the molecule is c1cn2c(C3CCCNC3)csc2n1. The Morgan fingerprint density at radius 2 is 2.57 bits per heavy atom. The van der Waals surface area contributed by atoms with Crippen LogP contribution >= 0.6 is 11.3 Å². The van der Waals surface area contributed by atoms with Crippen molar-refractivity contribution in [3.8, 4) is 0 Å². The normalized spacial score (nSPS) is 23.0. The number of imidazole rings is 1. The summed E-state index contributed by atoms with van der Waals surface area (Å²) < 4.78 is 2.22. The summed E-state index contributed by atoms with van der Waals surface area (Å²) in [7, 11) is 0. The van der Waals surface area contributed by atoms with Crippen LogP contribution < -0.4 is 5.32 Å². The molecule has 1 N–H and O–H groups in total. The number of aromatic nitrogens is 2. The van der Waals surface area contributed by atoms with Gasteiger partial charge in [0.05, 0.1) is 0 Å². The van der Waals surface area contributed by atoms with Gasteiger partial charge < -0.3 is 5.32 Å². The molecule has 14 heavy (non-hydrogen) atoms. The Balaban J connectivity index is 1.99. The van der Waals surface area contributed by atoms with E-state index in [1.165, 1.54) is 25.1 Å². The quantitative estimate of drug-likeness (QED) is 0.773. The van der Waals surface area contributed by atoms with Crippen molar-refractivity contribution >= 4 is 16.3 Å². The van der Waals surface area contributed by atoms with E-state index in [4.69, 9.17) is 0 Å². The molecule has 0 amide bonds. The Bertz CT molecular complexity index is 425. The zero-order valence-electron chi connectivity index (χ0n) is 7.94. The lowest BCUT2D eigenvalue weighted by Crippen LogP contribution is -2.28. The molecule has 0 aromatic carbocycles. The van der Waals surface area contributed by atoms with Crippen LogP contribution in [0.3, 0.4) is 0 Å². The zero-order chi connectivity index (χ0) is 9.38. The maximum absolute atomic E-state index is 4.30. The number of nitrogens with one attached hydrogen (secondary N) is 1. The van der Waals surface area contributed by atoms with Crippen molar-refractivity contribution < 1.29 is 0 Å². The van der Waals surface area contributed by atoms with Crippen LogP contribution in [0.5, 0.6) is 0 Å². The summed E-state index contributed by atoms with van der Waals surface area (Å²) >= 11 is 1.74. The number of hydrogen-bond donors (Lipinski definition) is 1. The molecule has 3 heterocycles. The predicted octanol–water partition coefficient (Wildman–Crippen LogP) is 1.86. The van der Waals surface area contributed by atoms with Gasteiger partial charge in [-0.25, -0.2) is 4.98 Å². The van der Waals surface area contributed by atoms with Gasteiger partial charge in [-0.1, -0.05) is 0 Å². The summed E-state index contributed by atoms with van der Waals surface area (Å²) in [5.74, 6) is 0.673. The lowest BCUT2D eigenvalue weighted by molar-refractivity contribution is 0.453. The van der Waals surface area contributed by atoms with Crippen LogP contribution in [0.15, 0.2) is 17.8 Å². The zero-order valence-corrected chi connectivity index (χ0v) is 8.76. The molecule has 0 saturated carbocycles. The fourth-order valence-electron chi connectivity index (χ4n) is 2.14. The number of thiazole rings is 1. The summed E-state index contributed by atoms with van der Waals surface area (Å²) in [6.07, 6.45) is 6.54. The molecule has 1 saturated heterocycles. The highest BCUT2D eigenvalue weighted by molar-refractivity contribution is 7.15. The van der Waals surface area contributed by atoms with Gasteiger partial charge >= 0.3 is 0 Å². The van der Waals surface area contributed by atoms with Gasteiger partial charge in [0.1, 0.15) is 0 Å². The van der Waals surface area contributed by atoms with E-state index in [-0.39, 0.29) is 0 Å². The van der Waals surface area contributed by atoms with E-state index in [2.05, 4.69) is 26.3 Å². The highest BCUT2D eigenvalue weighted by Gasteiger charge is 2.18. The number of fused-ring (bicyclic) bond motifs is 1. The second kappa shape index (κ2) is 3.37. The van der Waals surface area contributed by atoms with Crippen LogP contribution in [-0.4, -0.2) is 22.5 Å². The largest absolute Gasteiger partial charge is 0.316 e. The molecule has 1 aliphatic rings. The van der Waals surface area contributed by atoms with Crippen LogP contribution in [0.1, 0.15) is 24.5 Å². The third kappa shape index (κ3) is 1.26. The average Bonchev–Trinajstić information content (AvgIpc) is 2.79. The van der Waals surface area contributed by atoms with E-state index in [0.717, 1.165) is 11.5 Å². The molecule has 4 heteroatoms. The van der Waals surface area contributed by atoms with Gasteiger partial charge in [0, 0.05) is 35.9 Å². The number of piperidine rings is 1. The molecule has 0 bridgehead atoms. The predicted molar refractivity (Wildman–Crippen MR) is 57.9 cm³/mol. The van der Waals surface area contributed by atoms with E-state index < -0.39 is 0 Å². The van der Waals surface area contributed by atoms with Gasteiger partial charge in [-0.2, -0.15) is 0 Å².